The molecule has 3 nitrogen and oxygen atoms in total. The van der Waals surface area contributed by atoms with Gasteiger partial charge in [-0.25, -0.2) is 4.98 Å². The largest absolute Gasteiger partial charge is 0.307 e. The molecule has 0 aliphatic rings. The zero-order valence-corrected chi connectivity index (χ0v) is 12.5. The average Bonchev–Trinajstić information content (AvgIpc) is 2.35. The molecule has 0 aliphatic carbocycles. The topological polar surface area (TPSA) is 42.0 Å². The van der Waals surface area contributed by atoms with Crippen molar-refractivity contribution >= 4 is 45.9 Å². The van der Waals surface area contributed by atoms with Crippen molar-refractivity contribution in [1.82, 2.24) is 4.98 Å². The van der Waals surface area contributed by atoms with Crippen LogP contribution in [0.4, 0.5) is 5.82 Å². The van der Waals surface area contributed by atoms with Gasteiger partial charge in [-0.3, -0.25) is 4.79 Å². The van der Waals surface area contributed by atoms with E-state index in [0.29, 0.717) is 16.4 Å². The Bertz CT molecular complexity index is 584. The highest BCUT2D eigenvalue weighted by Crippen LogP contribution is 2.20. The molecule has 0 saturated heterocycles. The van der Waals surface area contributed by atoms with Crippen molar-refractivity contribution in [2.24, 2.45) is 0 Å². The highest BCUT2D eigenvalue weighted by molar-refractivity contribution is 14.1. The molecule has 0 saturated carbocycles. The van der Waals surface area contributed by atoms with Gasteiger partial charge in [0, 0.05) is 15.3 Å². The van der Waals surface area contributed by atoms with Gasteiger partial charge in [0.05, 0.1) is 5.02 Å². The fraction of sp³-hybridized carbons (Fsp3) is 0.0769. The van der Waals surface area contributed by atoms with Crippen LogP contribution in [0.25, 0.3) is 0 Å². The monoisotopic (exact) mass is 372 g/mol. The van der Waals surface area contributed by atoms with E-state index in [2.05, 4.69) is 32.9 Å². The number of pyridine rings is 1. The molecule has 0 spiro atoms. The lowest BCUT2D eigenvalue weighted by Crippen LogP contribution is -2.12. The molecular weight excluding hydrogens is 363 g/mol. The molecule has 0 unspecified atom stereocenters. The van der Waals surface area contributed by atoms with Crippen LogP contribution in [0.3, 0.4) is 0 Å². The molecule has 2 rings (SSSR count). The van der Waals surface area contributed by atoms with E-state index in [4.69, 9.17) is 11.6 Å². The van der Waals surface area contributed by atoms with Crippen LogP contribution in [0.5, 0.6) is 0 Å². The first-order valence-electron chi connectivity index (χ1n) is 5.25. The summed E-state index contributed by atoms with van der Waals surface area (Å²) in [6, 6.07) is 8.84. The summed E-state index contributed by atoms with van der Waals surface area (Å²) in [4.78, 5) is 16.1. The Morgan fingerprint density at radius 2 is 2.11 bits per heavy atom. The SMILES string of the molecule is Cc1ccc(NC(=O)c2ccc(I)c(Cl)c2)nc1. The minimum Gasteiger partial charge on any atom is -0.307 e. The first kappa shape index (κ1) is 13.3. The van der Waals surface area contributed by atoms with Crippen LogP contribution in [0.1, 0.15) is 15.9 Å². The minimum atomic E-state index is -0.218. The van der Waals surface area contributed by atoms with Crippen LogP contribution >= 0.6 is 34.2 Å². The third kappa shape index (κ3) is 3.20. The second-order valence-corrected chi connectivity index (χ2v) is 5.37. The summed E-state index contributed by atoms with van der Waals surface area (Å²) in [7, 11) is 0. The maximum Gasteiger partial charge on any atom is 0.256 e. The van der Waals surface area contributed by atoms with Gasteiger partial charge in [-0.1, -0.05) is 17.7 Å². The number of halogens is 2. The fourth-order valence-corrected chi connectivity index (χ4v) is 1.88. The van der Waals surface area contributed by atoms with Gasteiger partial charge in [-0.15, -0.1) is 0 Å². The van der Waals surface area contributed by atoms with E-state index in [1.54, 1.807) is 30.5 Å². The van der Waals surface area contributed by atoms with Crippen molar-refractivity contribution in [2.45, 2.75) is 6.92 Å². The molecule has 92 valence electrons. The quantitative estimate of drug-likeness (QED) is 0.813. The molecule has 2 aromatic rings. The van der Waals surface area contributed by atoms with Crippen LogP contribution in [0.15, 0.2) is 36.5 Å². The fourth-order valence-electron chi connectivity index (χ4n) is 1.37. The molecule has 0 aliphatic heterocycles. The van der Waals surface area contributed by atoms with Crippen LogP contribution in [0, 0.1) is 10.5 Å². The highest BCUT2D eigenvalue weighted by Gasteiger charge is 2.08. The zero-order valence-electron chi connectivity index (χ0n) is 9.58. The minimum absolute atomic E-state index is 0.218. The normalized spacial score (nSPS) is 10.2. The number of amides is 1. The summed E-state index contributed by atoms with van der Waals surface area (Å²) in [5.41, 5.74) is 1.56. The molecular formula is C13H10ClIN2O. The summed E-state index contributed by atoms with van der Waals surface area (Å²) >= 11 is 8.09. The first-order chi connectivity index (χ1) is 8.56. The number of aryl methyl sites for hydroxylation is 1. The average molecular weight is 373 g/mol. The number of benzene rings is 1. The number of rotatable bonds is 2. The number of hydrogen-bond donors (Lipinski definition) is 1. The number of aromatic nitrogens is 1. The van der Waals surface area contributed by atoms with Gasteiger partial charge in [-0.05, 0) is 59.3 Å². The Kier molecular flexibility index (Phi) is 4.19. The van der Waals surface area contributed by atoms with E-state index in [1.807, 2.05) is 13.0 Å². The lowest BCUT2D eigenvalue weighted by Gasteiger charge is -2.05. The van der Waals surface area contributed by atoms with E-state index in [9.17, 15) is 4.79 Å². The number of anilines is 1. The molecule has 1 amide bonds. The molecule has 0 fully saturated rings. The van der Waals surface area contributed by atoms with E-state index in [0.717, 1.165) is 9.13 Å². The third-order valence-corrected chi connectivity index (χ3v) is 3.91. The maximum atomic E-state index is 12.0. The number of hydrogen-bond acceptors (Lipinski definition) is 2. The highest BCUT2D eigenvalue weighted by atomic mass is 127. The number of nitrogens with one attached hydrogen (secondary N) is 1. The molecule has 0 atom stereocenters. The van der Waals surface area contributed by atoms with Crippen LogP contribution in [0.2, 0.25) is 5.02 Å². The molecule has 1 N–H and O–H groups in total. The number of carbonyl (C=O) groups is 1. The third-order valence-electron chi connectivity index (χ3n) is 2.33. The van der Waals surface area contributed by atoms with Crippen molar-refractivity contribution in [3.63, 3.8) is 0 Å². The number of nitrogens with zero attached hydrogens (tertiary/aromatic N) is 1. The van der Waals surface area contributed by atoms with Gasteiger partial charge in [0.15, 0.2) is 0 Å². The van der Waals surface area contributed by atoms with Gasteiger partial charge in [0.1, 0.15) is 5.82 Å². The van der Waals surface area contributed by atoms with Crippen molar-refractivity contribution in [3.8, 4) is 0 Å². The van der Waals surface area contributed by atoms with Gasteiger partial charge < -0.3 is 5.32 Å². The molecule has 18 heavy (non-hydrogen) atoms. The standard InChI is InChI=1S/C13H10ClIN2O/c1-8-2-5-12(16-7-8)17-13(18)9-3-4-11(15)10(14)6-9/h2-7H,1H3,(H,16,17,18). The van der Waals surface area contributed by atoms with E-state index in [-0.39, 0.29) is 5.91 Å². The Hall–Kier alpha value is -1.14. The Morgan fingerprint density at radius 1 is 1.33 bits per heavy atom. The van der Waals surface area contributed by atoms with Crippen LogP contribution < -0.4 is 5.32 Å². The maximum absolute atomic E-state index is 12.0. The first-order valence-corrected chi connectivity index (χ1v) is 6.71. The van der Waals surface area contributed by atoms with Gasteiger partial charge >= 0.3 is 0 Å². The van der Waals surface area contributed by atoms with Crippen LogP contribution in [-0.2, 0) is 0 Å². The molecule has 0 bridgehead atoms. The van der Waals surface area contributed by atoms with E-state index >= 15 is 0 Å². The van der Waals surface area contributed by atoms with Crippen molar-refractivity contribution < 1.29 is 4.79 Å². The Morgan fingerprint density at radius 3 is 2.72 bits per heavy atom. The lowest BCUT2D eigenvalue weighted by molar-refractivity contribution is 0.102. The van der Waals surface area contributed by atoms with Crippen molar-refractivity contribution in [1.29, 1.82) is 0 Å². The van der Waals surface area contributed by atoms with Crippen molar-refractivity contribution in [3.05, 3.63) is 56.2 Å². The number of carbonyl (C=O) groups excluding carboxylic acids is 1. The molecule has 1 heterocycles. The Balaban J connectivity index is 2.16. The molecule has 1 aromatic carbocycles. The summed E-state index contributed by atoms with van der Waals surface area (Å²) in [5.74, 6) is 0.310. The molecule has 1 aromatic heterocycles. The molecule has 5 heteroatoms. The summed E-state index contributed by atoms with van der Waals surface area (Å²) < 4.78 is 0.916. The van der Waals surface area contributed by atoms with Crippen molar-refractivity contribution in [2.75, 3.05) is 5.32 Å². The van der Waals surface area contributed by atoms with Gasteiger partial charge in [-0.2, -0.15) is 0 Å². The summed E-state index contributed by atoms with van der Waals surface area (Å²) in [5, 5.41) is 3.29. The predicted octanol–water partition coefficient (Wildman–Crippen LogP) is 3.90. The lowest BCUT2D eigenvalue weighted by atomic mass is 10.2. The van der Waals surface area contributed by atoms with Gasteiger partial charge in [0.2, 0.25) is 0 Å². The summed E-state index contributed by atoms with van der Waals surface area (Å²) in [6.45, 7) is 1.94. The second kappa shape index (κ2) is 5.67. The van der Waals surface area contributed by atoms with E-state index in [1.165, 1.54) is 0 Å². The zero-order chi connectivity index (χ0) is 13.1. The van der Waals surface area contributed by atoms with E-state index < -0.39 is 0 Å². The predicted molar refractivity (Wildman–Crippen MR) is 81.1 cm³/mol. The smallest absolute Gasteiger partial charge is 0.256 e. The van der Waals surface area contributed by atoms with Crippen LogP contribution in [-0.4, -0.2) is 10.9 Å². The molecule has 0 radical (unpaired) electrons. The van der Waals surface area contributed by atoms with Gasteiger partial charge in [0.25, 0.3) is 5.91 Å². The Labute approximate surface area is 124 Å². The second-order valence-electron chi connectivity index (χ2n) is 3.80. The summed E-state index contributed by atoms with van der Waals surface area (Å²) in [6.07, 6.45) is 1.70.